The number of benzene rings is 1. The highest BCUT2D eigenvalue weighted by Crippen LogP contribution is 2.19. The van der Waals surface area contributed by atoms with Crippen molar-refractivity contribution in [3.05, 3.63) is 38.6 Å². The first kappa shape index (κ1) is 8.13. The van der Waals surface area contributed by atoms with Gasteiger partial charge in [0.25, 0.3) is 0 Å². The molecular weight excluding hydrogens is 217 g/mol. The van der Waals surface area contributed by atoms with Crippen LogP contribution in [-0.2, 0) is 0 Å². The minimum atomic E-state index is -0.954. The van der Waals surface area contributed by atoms with E-state index >= 15 is 0 Å². The molecule has 57 valence electrons. The van der Waals surface area contributed by atoms with Gasteiger partial charge in [0.2, 0.25) is 5.82 Å². The van der Waals surface area contributed by atoms with Crippen LogP contribution in [-0.4, -0.2) is 4.92 Å². The molecule has 1 aromatic rings. The molecule has 0 bridgehead atoms. The maximum absolute atomic E-state index is 12.6. The van der Waals surface area contributed by atoms with Gasteiger partial charge in [0, 0.05) is 16.6 Å². The average molecular weight is 219 g/mol. The summed E-state index contributed by atoms with van der Waals surface area (Å²) in [6.07, 6.45) is 0. The number of nitro benzene ring substituents is 1. The van der Waals surface area contributed by atoms with Crippen LogP contribution >= 0.6 is 15.9 Å². The Balaban J connectivity index is 3.20. The van der Waals surface area contributed by atoms with Gasteiger partial charge in [-0.3, -0.25) is 10.1 Å². The lowest BCUT2D eigenvalue weighted by atomic mass is 10.3. The normalized spacial score (nSPS) is 9.64. The summed E-state index contributed by atoms with van der Waals surface area (Å²) in [4.78, 5) is 9.27. The van der Waals surface area contributed by atoms with Crippen molar-refractivity contribution in [1.82, 2.24) is 0 Å². The van der Waals surface area contributed by atoms with Crippen molar-refractivity contribution < 1.29 is 9.31 Å². The smallest absolute Gasteiger partial charge is 0.258 e. The quantitative estimate of drug-likeness (QED) is 0.537. The van der Waals surface area contributed by atoms with Gasteiger partial charge < -0.3 is 0 Å². The van der Waals surface area contributed by atoms with E-state index in [4.69, 9.17) is 0 Å². The van der Waals surface area contributed by atoms with Crippen LogP contribution in [0.25, 0.3) is 0 Å². The van der Waals surface area contributed by atoms with Crippen LogP contribution in [0.3, 0.4) is 0 Å². The fourth-order valence-electron chi connectivity index (χ4n) is 0.577. The molecule has 0 aliphatic carbocycles. The van der Waals surface area contributed by atoms with Crippen molar-refractivity contribution in [2.45, 2.75) is 0 Å². The van der Waals surface area contributed by atoms with E-state index in [0.717, 1.165) is 6.07 Å². The fourth-order valence-corrected chi connectivity index (χ4v) is 0.883. The van der Waals surface area contributed by atoms with Gasteiger partial charge in [0.15, 0.2) is 0 Å². The van der Waals surface area contributed by atoms with E-state index in [0.29, 0.717) is 4.47 Å². The lowest BCUT2D eigenvalue weighted by Crippen LogP contribution is -1.91. The van der Waals surface area contributed by atoms with Crippen LogP contribution in [0.2, 0.25) is 0 Å². The first-order valence-electron chi connectivity index (χ1n) is 2.63. The van der Waals surface area contributed by atoms with Gasteiger partial charge in [0.1, 0.15) is 0 Å². The number of halogens is 2. The summed E-state index contributed by atoms with van der Waals surface area (Å²) in [5.41, 5.74) is -0.562. The van der Waals surface area contributed by atoms with Crippen molar-refractivity contribution in [1.29, 1.82) is 0 Å². The van der Waals surface area contributed by atoms with E-state index in [2.05, 4.69) is 22.0 Å². The van der Waals surface area contributed by atoms with E-state index < -0.39 is 16.4 Å². The maximum Gasteiger partial charge on any atom is 0.305 e. The molecule has 0 spiro atoms. The summed E-state index contributed by atoms with van der Waals surface area (Å²) < 4.78 is 12.9. The van der Waals surface area contributed by atoms with Crippen molar-refractivity contribution >= 4 is 21.6 Å². The van der Waals surface area contributed by atoms with E-state index in [1.807, 2.05) is 0 Å². The van der Waals surface area contributed by atoms with E-state index in [9.17, 15) is 14.5 Å². The molecule has 0 heterocycles. The van der Waals surface area contributed by atoms with Gasteiger partial charge >= 0.3 is 5.69 Å². The van der Waals surface area contributed by atoms with Crippen molar-refractivity contribution in [3.63, 3.8) is 0 Å². The molecule has 1 aromatic carbocycles. The molecule has 0 amide bonds. The van der Waals surface area contributed by atoms with Crippen LogP contribution in [0.5, 0.6) is 0 Å². The second kappa shape index (κ2) is 2.96. The standard InChI is InChI=1S/C6H2BrFNO2/c7-4-1-2-6(9(10)11)5(8)3-4/h1-2H. The van der Waals surface area contributed by atoms with Crippen molar-refractivity contribution in [2.75, 3.05) is 0 Å². The first-order valence-corrected chi connectivity index (χ1v) is 3.42. The van der Waals surface area contributed by atoms with E-state index in [1.54, 1.807) is 0 Å². The minimum Gasteiger partial charge on any atom is -0.258 e. The fraction of sp³-hybridized carbons (Fsp3) is 0. The van der Waals surface area contributed by atoms with Gasteiger partial charge in [-0.05, 0) is 6.07 Å². The Morgan fingerprint density at radius 2 is 2.27 bits per heavy atom. The van der Waals surface area contributed by atoms with Gasteiger partial charge in [-0.2, -0.15) is 4.39 Å². The Kier molecular flexibility index (Phi) is 2.19. The molecule has 0 unspecified atom stereocenters. The molecule has 0 aromatic heterocycles. The summed E-state index contributed by atoms with van der Waals surface area (Å²) in [7, 11) is 0. The number of nitro groups is 1. The molecule has 11 heavy (non-hydrogen) atoms. The van der Waals surface area contributed by atoms with Crippen LogP contribution in [0.1, 0.15) is 0 Å². The largest absolute Gasteiger partial charge is 0.305 e. The molecule has 0 aliphatic heterocycles. The lowest BCUT2D eigenvalue weighted by molar-refractivity contribution is -0.387. The second-order valence-electron chi connectivity index (χ2n) is 1.76. The second-order valence-corrected chi connectivity index (χ2v) is 2.62. The number of nitrogens with zero attached hydrogens (tertiary/aromatic N) is 1. The molecule has 1 radical (unpaired) electrons. The number of rotatable bonds is 1. The van der Waals surface area contributed by atoms with Gasteiger partial charge in [0.05, 0.1) is 4.92 Å². The topological polar surface area (TPSA) is 43.1 Å². The van der Waals surface area contributed by atoms with Crippen LogP contribution < -0.4 is 0 Å². The van der Waals surface area contributed by atoms with Gasteiger partial charge in [-0.25, -0.2) is 0 Å². The zero-order valence-corrected chi connectivity index (χ0v) is 6.76. The van der Waals surface area contributed by atoms with Crippen LogP contribution in [0.15, 0.2) is 16.6 Å². The summed E-state index contributed by atoms with van der Waals surface area (Å²) in [6.45, 7) is 0. The van der Waals surface area contributed by atoms with Crippen LogP contribution in [0, 0.1) is 22.0 Å². The predicted molar refractivity (Wildman–Crippen MR) is 39.6 cm³/mol. The third kappa shape index (κ3) is 1.74. The zero-order chi connectivity index (χ0) is 8.43. The Morgan fingerprint density at radius 1 is 1.64 bits per heavy atom. The highest BCUT2D eigenvalue weighted by molar-refractivity contribution is 9.10. The first-order chi connectivity index (χ1) is 5.11. The Morgan fingerprint density at radius 3 is 2.73 bits per heavy atom. The van der Waals surface area contributed by atoms with Crippen LogP contribution in [0.4, 0.5) is 10.1 Å². The monoisotopic (exact) mass is 218 g/mol. The predicted octanol–water partition coefficient (Wildman–Crippen LogP) is 2.30. The molecular formula is C6H2BrFNO2. The Hall–Kier alpha value is -0.970. The summed E-state index contributed by atoms with van der Waals surface area (Å²) in [5.74, 6) is -0.954. The SMILES string of the molecule is O=[N+]([O-])c1ccc(Br)[c]c1F. The van der Waals surface area contributed by atoms with Crippen molar-refractivity contribution in [3.8, 4) is 0 Å². The van der Waals surface area contributed by atoms with Gasteiger partial charge in [-0.15, -0.1) is 0 Å². The molecule has 0 saturated heterocycles. The summed E-state index contributed by atoms with van der Waals surface area (Å²) in [5, 5.41) is 10.1. The average Bonchev–Trinajstić information content (AvgIpc) is 1.85. The Bertz CT molecular complexity index is 303. The number of hydrogen-bond donors (Lipinski definition) is 0. The zero-order valence-electron chi connectivity index (χ0n) is 5.17. The molecule has 0 N–H and O–H groups in total. The molecule has 3 nitrogen and oxygen atoms in total. The maximum atomic E-state index is 12.6. The van der Waals surface area contributed by atoms with E-state index in [-0.39, 0.29) is 0 Å². The molecule has 0 aliphatic rings. The van der Waals surface area contributed by atoms with Crippen molar-refractivity contribution in [2.24, 2.45) is 0 Å². The molecule has 5 heteroatoms. The third-order valence-electron chi connectivity index (χ3n) is 1.04. The highest BCUT2D eigenvalue weighted by Gasteiger charge is 2.12. The molecule has 0 atom stereocenters. The molecule has 0 saturated carbocycles. The summed E-state index contributed by atoms with van der Waals surface area (Å²) >= 11 is 2.93. The molecule has 0 fully saturated rings. The minimum absolute atomic E-state index is 0.362. The summed E-state index contributed by atoms with van der Waals surface area (Å²) in [6, 6.07) is 4.57. The van der Waals surface area contributed by atoms with E-state index in [1.165, 1.54) is 6.07 Å². The third-order valence-corrected chi connectivity index (χ3v) is 1.50. The number of hydrogen-bond acceptors (Lipinski definition) is 2. The molecule has 1 rings (SSSR count). The van der Waals surface area contributed by atoms with Gasteiger partial charge in [-0.1, -0.05) is 15.9 Å². The highest BCUT2D eigenvalue weighted by atomic mass is 79.9. The Labute approximate surface area is 70.1 Å². The lowest BCUT2D eigenvalue weighted by Gasteiger charge is -1.92.